The number of nitrogens with zero attached hydrogens (tertiary/aromatic N) is 1. The zero-order valence-electron chi connectivity index (χ0n) is 16.2. The first-order valence-corrected chi connectivity index (χ1v) is 10.6. The van der Waals surface area contributed by atoms with Crippen LogP contribution in [0.5, 0.6) is 0 Å². The summed E-state index contributed by atoms with van der Waals surface area (Å²) in [4.78, 5) is 39.2. The van der Waals surface area contributed by atoms with Gasteiger partial charge in [-0.3, -0.25) is 19.3 Å². The maximum atomic E-state index is 12.7. The van der Waals surface area contributed by atoms with Gasteiger partial charge in [-0.1, -0.05) is 11.6 Å². The van der Waals surface area contributed by atoms with Gasteiger partial charge in [0.1, 0.15) is 11.3 Å². The maximum Gasteiger partial charge on any atom is 0.233 e. The number of nitrogens with one attached hydrogen (secondary N) is 1. The lowest BCUT2D eigenvalue weighted by Crippen LogP contribution is -2.37. The van der Waals surface area contributed by atoms with Crippen LogP contribution in [0.25, 0.3) is 11.0 Å². The molecule has 1 aromatic heterocycles. The molecule has 5 atom stereocenters. The number of carbonyl (C=O) groups excluding carboxylic acids is 3. The highest BCUT2D eigenvalue weighted by Crippen LogP contribution is 2.56. The van der Waals surface area contributed by atoms with Crippen molar-refractivity contribution in [2.75, 3.05) is 6.54 Å². The highest BCUT2D eigenvalue weighted by Gasteiger charge is 2.60. The molecule has 6 nitrogen and oxygen atoms in total. The Morgan fingerprint density at radius 2 is 1.90 bits per heavy atom. The van der Waals surface area contributed by atoms with E-state index in [1.807, 2.05) is 19.1 Å². The van der Waals surface area contributed by atoms with Gasteiger partial charge in [0.15, 0.2) is 0 Å². The Morgan fingerprint density at radius 1 is 1.21 bits per heavy atom. The van der Waals surface area contributed by atoms with Crippen LogP contribution in [-0.2, 0) is 14.4 Å². The SMILES string of the molecule is C[C@H](NC(=O)CCN1C(=O)[C@H]2[C@H]3CC[C@@H](C3)[C@@H]2C1=O)c1cc2cc(Cl)ccc2o1. The highest BCUT2D eigenvalue weighted by atomic mass is 35.5. The average molecular weight is 415 g/mol. The quantitative estimate of drug-likeness (QED) is 0.757. The summed E-state index contributed by atoms with van der Waals surface area (Å²) < 4.78 is 5.79. The van der Waals surface area contributed by atoms with Crippen LogP contribution >= 0.6 is 11.6 Å². The van der Waals surface area contributed by atoms with Gasteiger partial charge >= 0.3 is 0 Å². The minimum atomic E-state index is -0.325. The van der Waals surface area contributed by atoms with Crippen molar-refractivity contribution >= 4 is 40.3 Å². The molecule has 0 radical (unpaired) electrons. The predicted molar refractivity (Wildman–Crippen MR) is 107 cm³/mol. The second-order valence-electron chi connectivity index (χ2n) is 8.58. The van der Waals surface area contributed by atoms with Gasteiger partial charge in [0.05, 0.1) is 17.9 Å². The van der Waals surface area contributed by atoms with Crippen molar-refractivity contribution in [3.05, 3.63) is 35.0 Å². The topological polar surface area (TPSA) is 79.6 Å². The van der Waals surface area contributed by atoms with E-state index in [0.29, 0.717) is 28.2 Å². The van der Waals surface area contributed by atoms with E-state index < -0.39 is 0 Å². The number of halogens is 1. The summed E-state index contributed by atoms with van der Waals surface area (Å²) in [5.74, 6) is 0.746. The molecule has 7 heteroatoms. The van der Waals surface area contributed by atoms with Crippen LogP contribution in [0, 0.1) is 23.7 Å². The summed E-state index contributed by atoms with van der Waals surface area (Å²) in [5, 5.41) is 4.39. The average Bonchev–Trinajstić information content (AvgIpc) is 3.43. The number of benzene rings is 1. The van der Waals surface area contributed by atoms with Crippen molar-refractivity contribution in [1.82, 2.24) is 10.2 Å². The fourth-order valence-electron chi connectivity index (χ4n) is 5.54. The first-order chi connectivity index (χ1) is 13.9. The van der Waals surface area contributed by atoms with E-state index in [-0.39, 0.29) is 48.6 Å². The van der Waals surface area contributed by atoms with Gasteiger partial charge < -0.3 is 9.73 Å². The van der Waals surface area contributed by atoms with Crippen molar-refractivity contribution < 1.29 is 18.8 Å². The van der Waals surface area contributed by atoms with E-state index >= 15 is 0 Å². The number of imide groups is 1. The molecule has 1 aromatic carbocycles. The summed E-state index contributed by atoms with van der Waals surface area (Å²) in [6.07, 6.45) is 3.23. The lowest BCUT2D eigenvalue weighted by atomic mass is 9.81. The van der Waals surface area contributed by atoms with Crippen LogP contribution < -0.4 is 5.32 Å². The molecule has 1 saturated heterocycles. The van der Waals surface area contributed by atoms with Crippen molar-refractivity contribution in [3.8, 4) is 0 Å². The Morgan fingerprint density at radius 3 is 2.59 bits per heavy atom. The fourth-order valence-corrected chi connectivity index (χ4v) is 5.72. The lowest BCUT2D eigenvalue weighted by molar-refractivity contribution is -0.141. The highest BCUT2D eigenvalue weighted by molar-refractivity contribution is 6.31. The number of fused-ring (bicyclic) bond motifs is 6. The van der Waals surface area contributed by atoms with Crippen LogP contribution in [0.2, 0.25) is 5.02 Å². The molecule has 0 spiro atoms. The van der Waals surface area contributed by atoms with Crippen LogP contribution in [-0.4, -0.2) is 29.2 Å². The van der Waals surface area contributed by atoms with Gasteiger partial charge in [0, 0.05) is 23.4 Å². The molecular weight excluding hydrogens is 392 g/mol. The largest absolute Gasteiger partial charge is 0.459 e. The maximum absolute atomic E-state index is 12.7. The molecule has 2 heterocycles. The molecule has 2 saturated carbocycles. The van der Waals surface area contributed by atoms with E-state index in [9.17, 15) is 14.4 Å². The zero-order chi connectivity index (χ0) is 20.3. The Kier molecular flexibility index (Phi) is 4.42. The lowest BCUT2D eigenvalue weighted by Gasteiger charge is -2.19. The second kappa shape index (κ2) is 6.87. The minimum Gasteiger partial charge on any atom is -0.459 e. The third kappa shape index (κ3) is 3.05. The molecule has 2 aromatic rings. The van der Waals surface area contributed by atoms with Crippen molar-refractivity contribution in [2.24, 2.45) is 23.7 Å². The Bertz CT molecular complexity index is 987. The van der Waals surface area contributed by atoms with Crippen molar-refractivity contribution in [2.45, 2.75) is 38.6 Å². The molecule has 2 aliphatic carbocycles. The number of hydrogen-bond donors (Lipinski definition) is 1. The van der Waals surface area contributed by atoms with Gasteiger partial charge in [0.25, 0.3) is 0 Å². The second-order valence-corrected chi connectivity index (χ2v) is 9.02. The smallest absolute Gasteiger partial charge is 0.233 e. The summed E-state index contributed by atoms with van der Waals surface area (Å²) in [6, 6.07) is 6.90. The monoisotopic (exact) mass is 414 g/mol. The number of amides is 3. The third-order valence-electron chi connectivity index (χ3n) is 6.88. The normalized spacial score (nSPS) is 29.0. The van der Waals surface area contributed by atoms with Gasteiger partial charge in [-0.15, -0.1) is 0 Å². The standard InChI is InChI=1S/C22H23ClN2O4/c1-11(17-10-14-9-15(23)4-5-16(14)29-17)24-18(26)6-7-25-21(27)19-12-2-3-13(8-12)20(19)22(25)28/h4-5,9-13,19-20H,2-3,6-8H2,1H3,(H,24,26)/t11-,12-,13-,19-,20-/m0/s1. The molecule has 3 amide bonds. The molecular formula is C22H23ClN2O4. The summed E-state index contributed by atoms with van der Waals surface area (Å²) in [7, 11) is 0. The van der Waals surface area contributed by atoms with Gasteiger partial charge in [-0.05, 0) is 62.3 Å². The number of furan rings is 1. The van der Waals surface area contributed by atoms with Crippen LogP contribution in [0.15, 0.2) is 28.7 Å². The Hall–Kier alpha value is -2.34. The number of hydrogen-bond acceptors (Lipinski definition) is 4. The van der Waals surface area contributed by atoms with Gasteiger partial charge in [0.2, 0.25) is 17.7 Å². The zero-order valence-corrected chi connectivity index (χ0v) is 16.9. The molecule has 1 N–H and O–H groups in total. The van der Waals surface area contributed by atoms with E-state index in [4.69, 9.17) is 16.0 Å². The molecule has 3 aliphatic rings. The number of likely N-dealkylation sites (tertiary alicyclic amines) is 1. The first-order valence-electron chi connectivity index (χ1n) is 10.3. The summed E-state index contributed by atoms with van der Waals surface area (Å²) >= 11 is 6.00. The van der Waals surface area contributed by atoms with Gasteiger partial charge in [-0.2, -0.15) is 0 Å². The molecule has 0 unspecified atom stereocenters. The molecule has 152 valence electrons. The van der Waals surface area contributed by atoms with E-state index in [1.54, 1.807) is 12.1 Å². The Balaban J connectivity index is 1.20. The van der Waals surface area contributed by atoms with E-state index in [0.717, 1.165) is 24.6 Å². The van der Waals surface area contributed by atoms with Crippen molar-refractivity contribution in [1.29, 1.82) is 0 Å². The number of carbonyl (C=O) groups is 3. The minimum absolute atomic E-state index is 0.0674. The predicted octanol–water partition coefficient (Wildman–Crippen LogP) is 3.68. The molecule has 2 bridgehead atoms. The first kappa shape index (κ1) is 18.7. The number of rotatable bonds is 5. The molecule has 29 heavy (non-hydrogen) atoms. The van der Waals surface area contributed by atoms with Crippen molar-refractivity contribution in [3.63, 3.8) is 0 Å². The van der Waals surface area contributed by atoms with Crippen LogP contribution in [0.4, 0.5) is 0 Å². The fraction of sp³-hybridized carbons (Fsp3) is 0.500. The molecule has 1 aliphatic heterocycles. The van der Waals surface area contributed by atoms with E-state index in [2.05, 4.69) is 5.32 Å². The molecule has 3 fully saturated rings. The Labute approximate surface area is 173 Å². The molecule has 5 rings (SSSR count). The summed E-state index contributed by atoms with van der Waals surface area (Å²) in [6.45, 7) is 1.99. The summed E-state index contributed by atoms with van der Waals surface area (Å²) in [5.41, 5.74) is 0.708. The van der Waals surface area contributed by atoms with Crippen LogP contribution in [0.1, 0.15) is 44.4 Å². The van der Waals surface area contributed by atoms with Gasteiger partial charge in [-0.25, -0.2) is 0 Å². The van der Waals surface area contributed by atoms with E-state index in [1.165, 1.54) is 4.90 Å². The third-order valence-corrected chi connectivity index (χ3v) is 7.12. The van der Waals surface area contributed by atoms with Crippen LogP contribution in [0.3, 0.4) is 0 Å².